The quantitative estimate of drug-likeness (QED) is 0.719. The van der Waals surface area contributed by atoms with Gasteiger partial charge < -0.3 is 5.32 Å². The lowest BCUT2D eigenvalue weighted by molar-refractivity contribution is -0.121. The van der Waals surface area contributed by atoms with Crippen LogP contribution >= 0.6 is 0 Å². The molecule has 2 rings (SSSR count). The van der Waals surface area contributed by atoms with Gasteiger partial charge in [0.1, 0.15) is 5.82 Å². The second-order valence-corrected chi connectivity index (χ2v) is 8.28. The zero-order valence-electron chi connectivity index (χ0n) is 15.5. The average molecular weight is 414 g/mol. The molecular formula is C19H21F3N2O3S. The molecule has 152 valence electrons. The Hall–Kier alpha value is -2.55. The number of hydrogen-bond acceptors (Lipinski definition) is 3. The molecule has 0 saturated carbocycles. The molecule has 1 amide bonds. The van der Waals surface area contributed by atoms with Crippen LogP contribution in [0.1, 0.15) is 31.4 Å². The average Bonchev–Trinajstić information content (AvgIpc) is 2.60. The summed E-state index contributed by atoms with van der Waals surface area (Å²) >= 11 is 0. The molecule has 0 bridgehead atoms. The van der Waals surface area contributed by atoms with Crippen molar-refractivity contribution in [1.29, 1.82) is 0 Å². The number of carbonyl (C=O) groups excluding carboxylic acids is 1. The van der Waals surface area contributed by atoms with Crippen LogP contribution in [0, 0.1) is 17.5 Å². The predicted octanol–water partition coefficient (Wildman–Crippen LogP) is 3.53. The predicted molar refractivity (Wildman–Crippen MR) is 101 cm³/mol. The number of carbonyl (C=O) groups is 1. The molecular weight excluding hydrogens is 393 g/mol. The largest absolute Gasteiger partial charge is 0.350 e. The number of anilines is 1. The molecule has 0 saturated heterocycles. The Morgan fingerprint density at radius 1 is 1.07 bits per heavy atom. The fourth-order valence-electron chi connectivity index (χ4n) is 2.66. The number of nitrogens with zero attached hydrogens (tertiary/aromatic N) is 1. The van der Waals surface area contributed by atoms with Crippen molar-refractivity contribution in [2.75, 3.05) is 17.1 Å². The summed E-state index contributed by atoms with van der Waals surface area (Å²) in [6, 6.07) is 8.19. The summed E-state index contributed by atoms with van der Waals surface area (Å²) in [5.41, 5.74) is 0.718. The highest BCUT2D eigenvalue weighted by molar-refractivity contribution is 7.92. The Balaban J connectivity index is 1.95. The number of rotatable bonds is 8. The zero-order valence-corrected chi connectivity index (χ0v) is 16.3. The Labute approximate surface area is 162 Å². The molecule has 0 aromatic heterocycles. The van der Waals surface area contributed by atoms with E-state index in [1.807, 2.05) is 0 Å². The molecule has 0 aliphatic rings. The van der Waals surface area contributed by atoms with Crippen LogP contribution in [0.2, 0.25) is 0 Å². The summed E-state index contributed by atoms with van der Waals surface area (Å²) in [6.07, 6.45) is 1.15. The van der Waals surface area contributed by atoms with Crippen molar-refractivity contribution in [3.63, 3.8) is 0 Å². The molecule has 9 heteroatoms. The molecule has 0 radical (unpaired) electrons. The third kappa shape index (κ3) is 5.98. The Bertz CT molecular complexity index is 934. The maximum absolute atomic E-state index is 13.4. The number of halogens is 3. The normalized spacial score (nSPS) is 12.5. The number of nitrogens with one attached hydrogen (secondary N) is 1. The van der Waals surface area contributed by atoms with E-state index in [0.29, 0.717) is 0 Å². The summed E-state index contributed by atoms with van der Waals surface area (Å²) in [7, 11) is -3.74. The minimum Gasteiger partial charge on any atom is -0.350 e. The van der Waals surface area contributed by atoms with Crippen LogP contribution in [0.15, 0.2) is 42.5 Å². The van der Waals surface area contributed by atoms with Crippen LogP contribution in [-0.2, 0) is 14.8 Å². The van der Waals surface area contributed by atoms with Gasteiger partial charge in [0.05, 0.1) is 18.0 Å². The van der Waals surface area contributed by atoms with E-state index in [-0.39, 0.29) is 42.8 Å². The second kappa shape index (κ2) is 9.09. The highest BCUT2D eigenvalue weighted by atomic mass is 32.2. The number of sulfonamides is 1. The Morgan fingerprint density at radius 2 is 1.71 bits per heavy atom. The standard InChI is InChI=1S/C19H21F3N2O3S/c1-13(14-5-7-15(20)8-6-14)23-19(25)4-3-11-24(28(2,26)27)16-9-10-17(21)18(22)12-16/h5-10,12-13H,3-4,11H2,1-2H3,(H,23,25)/t13-/m0/s1. The molecule has 0 aliphatic heterocycles. The van der Waals surface area contributed by atoms with Gasteiger partial charge in [-0.25, -0.2) is 21.6 Å². The minimum atomic E-state index is -3.74. The van der Waals surface area contributed by atoms with Crippen molar-refractivity contribution in [2.45, 2.75) is 25.8 Å². The Kier molecular flexibility index (Phi) is 7.06. The van der Waals surface area contributed by atoms with Gasteiger partial charge in [-0.2, -0.15) is 0 Å². The van der Waals surface area contributed by atoms with Gasteiger partial charge in [-0.05, 0) is 43.2 Å². The monoisotopic (exact) mass is 414 g/mol. The van der Waals surface area contributed by atoms with Gasteiger partial charge in [0, 0.05) is 19.0 Å². The van der Waals surface area contributed by atoms with E-state index in [4.69, 9.17) is 0 Å². The number of benzene rings is 2. The van der Waals surface area contributed by atoms with Gasteiger partial charge in [-0.15, -0.1) is 0 Å². The molecule has 0 aliphatic carbocycles. The molecule has 2 aromatic rings. The number of amides is 1. The van der Waals surface area contributed by atoms with Gasteiger partial charge in [-0.1, -0.05) is 12.1 Å². The third-order valence-electron chi connectivity index (χ3n) is 4.10. The first kappa shape index (κ1) is 21.7. The molecule has 28 heavy (non-hydrogen) atoms. The van der Waals surface area contributed by atoms with E-state index in [9.17, 15) is 26.4 Å². The first-order valence-electron chi connectivity index (χ1n) is 8.55. The Morgan fingerprint density at radius 3 is 2.29 bits per heavy atom. The van der Waals surface area contributed by atoms with Crippen LogP contribution in [0.5, 0.6) is 0 Å². The van der Waals surface area contributed by atoms with Crippen LogP contribution in [0.25, 0.3) is 0 Å². The summed E-state index contributed by atoms with van der Waals surface area (Å²) in [4.78, 5) is 12.1. The third-order valence-corrected chi connectivity index (χ3v) is 5.30. The summed E-state index contributed by atoms with van der Waals surface area (Å²) in [5.74, 6) is -2.92. The van der Waals surface area contributed by atoms with Crippen LogP contribution in [-0.4, -0.2) is 27.1 Å². The van der Waals surface area contributed by atoms with E-state index in [1.165, 1.54) is 12.1 Å². The van der Waals surface area contributed by atoms with E-state index >= 15 is 0 Å². The fraction of sp³-hybridized carbons (Fsp3) is 0.316. The van der Waals surface area contributed by atoms with E-state index < -0.39 is 21.7 Å². The minimum absolute atomic E-state index is 0.0125. The van der Waals surface area contributed by atoms with Crippen molar-refractivity contribution in [3.8, 4) is 0 Å². The highest BCUT2D eigenvalue weighted by Crippen LogP contribution is 2.21. The van der Waals surface area contributed by atoms with Gasteiger partial charge in [0.25, 0.3) is 0 Å². The maximum Gasteiger partial charge on any atom is 0.232 e. The first-order valence-corrected chi connectivity index (χ1v) is 10.4. The topological polar surface area (TPSA) is 66.5 Å². The van der Waals surface area contributed by atoms with Crippen molar-refractivity contribution in [1.82, 2.24) is 5.32 Å². The summed E-state index contributed by atoms with van der Waals surface area (Å²) in [5, 5.41) is 2.75. The molecule has 2 aromatic carbocycles. The highest BCUT2D eigenvalue weighted by Gasteiger charge is 2.19. The lowest BCUT2D eigenvalue weighted by atomic mass is 10.1. The van der Waals surface area contributed by atoms with E-state index in [2.05, 4.69) is 5.32 Å². The smallest absolute Gasteiger partial charge is 0.232 e. The van der Waals surface area contributed by atoms with Crippen molar-refractivity contribution in [3.05, 3.63) is 65.5 Å². The van der Waals surface area contributed by atoms with Crippen molar-refractivity contribution < 1.29 is 26.4 Å². The van der Waals surface area contributed by atoms with Crippen LogP contribution in [0.3, 0.4) is 0 Å². The number of hydrogen-bond donors (Lipinski definition) is 1. The molecule has 0 heterocycles. The van der Waals surface area contributed by atoms with Gasteiger partial charge >= 0.3 is 0 Å². The zero-order chi connectivity index (χ0) is 20.9. The SMILES string of the molecule is C[C@H](NC(=O)CCCN(c1ccc(F)c(F)c1)S(C)(=O)=O)c1ccc(F)cc1. The summed E-state index contributed by atoms with van der Waals surface area (Å²) in [6.45, 7) is 1.68. The van der Waals surface area contributed by atoms with Crippen molar-refractivity contribution in [2.24, 2.45) is 0 Å². The maximum atomic E-state index is 13.4. The van der Waals surface area contributed by atoms with Crippen molar-refractivity contribution >= 4 is 21.6 Å². The van der Waals surface area contributed by atoms with Gasteiger partial charge in [-0.3, -0.25) is 9.10 Å². The molecule has 0 spiro atoms. The lowest BCUT2D eigenvalue weighted by Crippen LogP contribution is -2.32. The molecule has 0 fully saturated rings. The van der Waals surface area contributed by atoms with Gasteiger partial charge in [0.2, 0.25) is 15.9 Å². The second-order valence-electron chi connectivity index (χ2n) is 6.38. The van der Waals surface area contributed by atoms with Crippen LogP contribution in [0.4, 0.5) is 18.9 Å². The van der Waals surface area contributed by atoms with Crippen LogP contribution < -0.4 is 9.62 Å². The first-order chi connectivity index (χ1) is 13.1. The fourth-order valence-corrected chi connectivity index (χ4v) is 3.62. The molecule has 1 N–H and O–H groups in total. The lowest BCUT2D eigenvalue weighted by Gasteiger charge is -2.22. The molecule has 5 nitrogen and oxygen atoms in total. The van der Waals surface area contributed by atoms with E-state index in [1.54, 1.807) is 19.1 Å². The summed E-state index contributed by atoms with van der Waals surface area (Å²) < 4.78 is 64.3. The molecule has 0 unspecified atom stereocenters. The van der Waals surface area contributed by atoms with Gasteiger partial charge in [0.15, 0.2) is 11.6 Å². The van der Waals surface area contributed by atoms with E-state index in [0.717, 1.165) is 34.3 Å². The molecule has 1 atom stereocenters.